The van der Waals surface area contributed by atoms with Gasteiger partial charge >= 0.3 is 0 Å². The van der Waals surface area contributed by atoms with Crippen molar-refractivity contribution in [3.63, 3.8) is 0 Å². The van der Waals surface area contributed by atoms with Crippen molar-refractivity contribution in [2.45, 2.75) is 46.7 Å². The molecule has 0 fully saturated rings. The van der Waals surface area contributed by atoms with Crippen LogP contribution in [0.15, 0.2) is 35.4 Å². The van der Waals surface area contributed by atoms with Crippen molar-refractivity contribution in [3.05, 3.63) is 57.0 Å². The van der Waals surface area contributed by atoms with Crippen LogP contribution in [0.5, 0.6) is 0 Å². The van der Waals surface area contributed by atoms with Crippen molar-refractivity contribution < 1.29 is 9.59 Å². The summed E-state index contributed by atoms with van der Waals surface area (Å²) >= 11 is 1.50. The van der Waals surface area contributed by atoms with Gasteiger partial charge in [0.2, 0.25) is 5.91 Å². The van der Waals surface area contributed by atoms with Gasteiger partial charge in [-0.25, -0.2) is 4.98 Å². The molecule has 0 radical (unpaired) electrons. The Morgan fingerprint density at radius 2 is 1.86 bits per heavy atom. The van der Waals surface area contributed by atoms with Crippen molar-refractivity contribution in [3.8, 4) is 0 Å². The van der Waals surface area contributed by atoms with Gasteiger partial charge in [-0.05, 0) is 57.5 Å². The van der Waals surface area contributed by atoms with Crippen molar-refractivity contribution in [1.29, 1.82) is 0 Å². The van der Waals surface area contributed by atoms with Gasteiger partial charge in [-0.1, -0.05) is 0 Å². The Hall–Kier alpha value is -3.00. The van der Waals surface area contributed by atoms with Crippen LogP contribution in [0.4, 0.5) is 5.69 Å². The fourth-order valence-corrected chi connectivity index (χ4v) is 3.91. The zero-order valence-electron chi connectivity index (χ0n) is 16.9. The van der Waals surface area contributed by atoms with Crippen LogP contribution >= 0.6 is 11.3 Å². The first kappa shape index (κ1) is 20.7. The first-order valence-electron chi connectivity index (χ1n) is 9.42. The van der Waals surface area contributed by atoms with Crippen molar-refractivity contribution in [1.82, 2.24) is 14.9 Å². The first-order valence-corrected chi connectivity index (χ1v) is 10.2. The lowest BCUT2D eigenvalue weighted by molar-refractivity contribution is -0.116. The molecule has 3 aromatic rings. The number of nitrogens with one attached hydrogen (secondary N) is 2. The number of hydrogen-bond acceptors (Lipinski definition) is 5. The molecule has 29 heavy (non-hydrogen) atoms. The number of amides is 2. The molecule has 0 atom stereocenters. The van der Waals surface area contributed by atoms with Gasteiger partial charge in [0.15, 0.2) is 0 Å². The van der Waals surface area contributed by atoms with E-state index in [4.69, 9.17) is 0 Å². The molecule has 0 saturated heterocycles. The monoisotopic (exact) mass is 412 g/mol. The molecule has 2 heterocycles. The third-order valence-electron chi connectivity index (χ3n) is 4.59. The number of carbonyl (C=O) groups is 2. The largest absolute Gasteiger partial charge is 0.350 e. The van der Waals surface area contributed by atoms with Crippen LogP contribution < -0.4 is 16.2 Å². The van der Waals surface area contributed by atoms with Gasteiger partial charge in [0.05, 0.1) is 11.7 Å². The minimum Gasteiger partial charge on any atom is -0.350 e. The van der Waals surface area contributed by atoms with Gasteiger partial charge in [-0.3, -0.25) is 19.0 Å². The Morgan fingerprint density at radius 1 is 1.17 bits per heavy atom. The average Bonchev–Trinajstić information content (AvgIpc) is 2.96. The van der Waals surface area contributed by atoms with E-state index in [0.717, 1.165) is 15.3 Å². The number of aryl methyl sites for hydroxylation is 3. The van der Waals surface area contributed by atoms with Gasteiger partial charge < -0.3 is 10.6 Å². The molecule has 1 aromatic carbocycles. The number of nitrogens with zero attached hydrogens (tertiary/aromatic N) is 2. The van der Waals surface area contributed by atoms with Crippen LogP contribution in [-0.4, -0.2) is 27.4 Å². The third-order valence-corrected chi connectivity index (χ3v) is 5.70. The van der Waals surface area contributed by atoms with Crippen molar-refractivity contribution in [2.75, 3.05) is 5.32 Å². The minimum absolute atomic E-state index is 0.0563. The Labute approximate surface area is 172 Å². The molecule has 3 rings (SSSR count). The highest BCUT2D eigenvalue weighted by Gasteiger charge is 2.13. The zero-order valence-corrected chi connectivity index (χ0v) is 17.7. The first-order chi connectivity index (χ1) is 13.8. The lowest BCUT2D eigenvalue weighted by Crippen LogP contribution is -2.30. The number of aromatic nitrogens is 2. The molecule has 2 aromatic heterocycles. The summed E-state index contributed by atoms with van der Waals surface area (Å²) in [5.74, 6) is -0.367. The summed E-state index contributed by atoms with van der Waals surface area (Å²) in [6, 6.07) is 6.75. The normalized spacial score (nSPS) is 11.1. The van der Waals surface area contributed by atoms with Crippen LogP contribution in [0, 0.1) is 13.8 Å². The Morgan fingerprint density at radius 3 is 2.52 bits per heavy atom. The number of hydrogen-bond donors (Lipinski definition) is 2. The maximum atomic E-state index is 12.7. The molecule has 0 aliphatic rings. The van der Waals surface area contributed by atoms with E-state index in [2.05, 4.69) is 15.6 Å². The van der Waals surface area contributed by atoms with E-state index in [0.29, 0.717) is 16.6 Å². The highest BCUT2D eigenvalue weighted by Crippen LogP contribution is 2.25. The van der Waals surface area contributed by atoms with E-state index < -0.39 is 0 Å². The van der Waals surface area contributed by atoms with Gasteiger partial charge in [0, 0.05) is 35.1 Å². The van der Waals surface area contributed by atoms with Crippen LogP contribution in [0.2, 0.25) is 0 Å². The fraction of sp³-hybridized carbons (Fsp3) is 0.333. The summed E-state index contributed by atoms with van der Waals surface area (Å²) in [6.45, 7) is 7.92. The molecule has 7 nitrogen and oxygen atoms in total. The van der Waals surface area contributed by atoms with E-state index in [9.17, 15) is 14.4 Å². The summed E-state index contributed by atoms with van der Waals surface area (Å²) in [5, 5.41) is 6.23. The lowest BCUT2D eigenvalue weighted by atomic mass is 10.2. The topological polar surface area (TPSA) is 93.1 Å². The second-order valence-electron chi connectivity index (χ2n) is 7.21. The predicted molar refractivity (Wildman–Crippen MR) is 116 cm³/mol. The van der Waals surface area contributed by atoms with E-state index >= 15 is 0 Å². The number of benzene rings is 1. The van der Waals surface area contributed by atoms with Crippen LogP contribution in [0.1, 0.15) is 41.1 Å². The Bertz CT molecular complexity index is 1110. The van der Waals surface area contributed by atoms with E-state index in [-0.39, 0.29) is 36.4 Å². The Balaban J connectivity index is 1.62. The Kier molecular flexibility index (Phi) is 6.12. The number of carbonyl (C=O) groups excluding carboxylic acids is 2. The molecule has 152 valence electrons. The second-order valence-corrected chi connectivity index (χ2v) is 8.41. The molecular weight excluding hydrogens is 388 g/mol. The standard InChI is InChI=1S/C21H24N4O3S/c1-12(2)23-19(27)15-5-7-16(8-6-15)24-17(26)9-10-25-11-22-20-18(21(25)28)13(3)14(4)29-20/h5-8,11-12H,9-10H2,1-4H3,(H,23,27)(H,24,26). The molecule has 0 aliphatic heterocycles. The summed E-state index contributed by atoms with van der Waals surface area (Å²) in [5.41, 5.74) is 1.96. The zero-order chi connectivity index (χ0) is 21.1. The molecule has 0 saturated carbocycles. The summed E-state index contributed by atoms with van der Waals surface area (Å²) in [6.07, 6.45) is 1.64. The quantitative estimate of drug-likeness (QED) is 0.650. The SMILES string of the molecule is Cc1sc2ncn(CCC(=O)Nc3ccc(C(=O)NC(C)C)cc3)c(=O)c2c1C. The predicted octanol–water partition coefficient (Wildman–Crippen LogP) is 3.24. The molecule has 0 unspecified atom stereocenters. The van der Waals surface area contributed by atoms with Gasteiger partial charge in [-0.15, -0.1) is 11.3 Å². The van der Waals surface area contributed by atoms with E-state index in [1.807, 2.05) is 27.7 Å². The minimum atomic E-state index is -0.213. The molecule has 8 heteroatoms. The molecule has 0 spiro atoms. The van der Waals surface area contributed by atoms with Gasteiger partial charge in [0.1, 0.15) is 4.83 Å². The number of anilines is 1. The lowest BCUT2D eigenvalue weighted by Gasteiger charge is -2.10. The highest BCUT2D eigenvalue weighted by atomic mass is 32.1. The van der Waals surface area contributed by atoms with Crippen LogP contribution in [0.25, 0.3) is 10.2 Å². The molecule has 0 bridgehead atoms. The van der Waals surface area contributed by atoms with Gasteiger partial charge in [0.25, 0.3) is 11.5 Å². The molecule has 0 aliphatic carbocycles. The fourth-order valence-electron chi connectivity index (χ4n) is 2.93. The van der Waals surface area contributed by atoms with Gasteiger partial charge in [-0.2, -0.15) is 0 Å². The van der Waals surface area contributed by atoms with E-state index in [1.54, 1.807) is 24.3 Å². The maximum Gasteiger partial charge on any atom is 0.262 e. The summed E-state index contributed by atoms with van der Waals surface area (Å²) in [4.78, 5) is 43.1. The van der Waals surface area contributed by atoms with E-state index in [1.165, 1.54) is 22.2 Å². The molecule has 2 N–H and O–H groups in total. The summed E-state index contributed by atoms with van der Waals surface area (Å²) < 4.78 is 1.47. The summed E-state index contributed by atoms with van der Waals surface area (Å²) in [7, 11) is 0. The van der Waals surface area contributed by atoms with Crippen molar-refractivity contribution >= 4 is 39.1 Å². The van der Waals surface area contributed by atoms with Crippen molar-refractivity contribution in [2.24, 2.45) is 0 Å². The maximum absolute atomic E-state index is 12.7. The van der Waals surface area contributed by atoms with Crippen LogP contribution in [-0.2, 0) is 11.3 Å². The second kappa shape index (κ2) is 8.57. The average molecular weight is 413 g/mol. The molecular formula is C21H24N4O3S. The number of rotatable bonds is 6. The third kappa shape index (κ3) is 4.71. The number of thiophene rings is 1. The molecule has 2 amide bonds. The number of fused-ring (bicyclic) bond motifs is 1. The van der Waals surface area contributed by atoms with Crippen LogP contribution in [0.3, 0.4) is 0 Å². The smallest absolute Gasteiger partial charge is 0.262 e. The highest BCUT2D eigenvalue weighted by molar-refractivity contribution is 7.18.